The molecule has 4 rings (SSSR count). The van der Waals surface area contributed by atoms with E-state index in [4.69, 9.17) is 32.7 Å². The maximum atomic E-state index is 13.3. The first-order valence-electron chi connectivity index (χ1n) is 16.4. The fourth-order valence-electron chi connectivity index (χ4n) is 5.49. The lowest BCUT2D eigenvalue weighted by atomic mass is 9.86. The second-order valence-corrected chi connectivity index (χ2v) is 18.2. The van der Waals surface area contributed by atoms with E-state index in [1.54, 1.807) is 57.2 Å². The summed E-state index contributed by atoms with van der Waals surface area (Å²) in [5.74, 6) is 1.15. The third-order valence-corrected chi connectivity index (χ3v) is 11.9. The summed E-state index contributed by atoms with van der Waals surface area (Å²) in [5.41, 5.74) is 4.27. The van der Waals surface area contributed by atoms with Crippen molar-refractivity contribution in [3.05, 3.63) is 93.0 Å². The second kappa shape index (κ2) is 17.0. The molecular formula is C40H48Cl2N2O6S2. The quantitative estimate of drug-likeness (QED) is 0.183. The number of aryl methyl sites for hydroxylation is 2. The zero-order valence-corrected chi connectivity index (χ0v) is 34.9. The van der Waals surface area contributed by atoms with Crippen molar-refractivity contribution in [3.8, 4) is 11.5 Å². The average Bonchev–Trinajstić information content (AvgIpc) is 3.00. The number of carbonyl (C=O) groups is 2. The molecule has 0 saturated carbocycles. The third kappa shape index (κ3) is 10.7. The highest BCUT2D eigenvalue weighted by molar-refractivity contribution is 7.99. The number of halogens is 2. The lowest BCUT2D eigenvalue weighted by Gasteiger charge is -2.23. The molecule has 0 spiro atoms. The number of anilines is 2. The van der Waals surface area contributed by atoms with E-state index >= 15 is 0 Å². The minimum atomic E-state index is -3.85. The van der Waals surface area contributed by atoms with E-state index in [0.29, 0.717) is 27.7 Å². The zero-order valence-electron chi connectivity index (χ0n) is 31.8. The molecule has 12 heteroatoms. The van der Waals surface area contributed by atoms with E-state index in [1.807, 2.05) is 45.9 Å². The van der Waals surface area contributed by atoms with Gasteiger partial charge in [-0.2, -0.15) is 0 Å². The van der Waals surface area contributed by atoms with Crippen molar-refractivity contribution >= 4 is 68.0 Å². The van der Waals surface area contributed by atoms with Crippen LogP contribution in [-0.4, -0.2) is 34.5 Å². The number of sulfone groups is 1. The summed E-state index contributed by atoms with van der Waals surface area (Å²) in [6.07, 6.45) is 0. The lowest BCUT2D eigenvalue weighted by molar-refractivity contribution is -0.115. The van der Waals surface area contributed by atoms with Crippen molar-refractivity contribution in [2.24, 2.45) is 0 Å². The summed E-state index contributed by atoms with van der Waals surface area (Å²) < 4.78 is 37.4. The Hall–Kier alpha value is -3.70. The molecule has 0 saturated heterocycles. The second-order valence-electron chi connectivity index (χ2n) is 14.4. The molecule has 4 aromatic rings. The summed E-state index contributed by atoms with van der Waals surface area (Å²) in [6.45, 7) is 19.0. The Morgan fingerprint density at radius 1 is 0.673 bits per heavy atom. The van der Waals surface area contributed by atoms with Gasteiger partial charge >= 0.3 is 0 Å². The number of carbonyl (C=O) groups excluding carboxylic acids is 2. The van der Waals surface area contributed by atoms with Crippen LogP contribution in [0.2, 0.25) is 10.0 Å². The van der Waals surface area contributed by atoms with Crippen molar-refractivity contribution in [2.75, 3.05) is 24.9 Å². The van der Waals surface area contributed by atoms with Gasteiger partial charge in [0.1, 0.15) is 11.5 Å². The number of amides is 2. The molecule has 8 nitrogen and oxygen atoms in total. The number of methoxy groups -OCH3 is 2. The minimum Gasteiger partial charge on any atom is -0.496 e. The maximum absolute atomic E-state index is 13.3. The van der Waals surface area contributed by atoms with Crippen LogP contribution in [0.4, 0.5) is 11.4 Å². The summed E-state index contributed by atoms with van der Waals surface area (Å²) in [4.78, 5) is 24.7. The van der Waals surface area contributed by atoms with Crippen molar-refractivity contribution in [3.63, 3.8) is 0 Å². The molecule has 0 aromatic heterocycles. The summed E-state index contributed by atoms with van der Waals surface area (Å²) in [6, 6.07) is 17.7. The Bertz CT molecular complexity index is 2040. The van der Waals surface area contributed by atoms with Crippen molar-refractivity contribution in [1.29, 1.82) is 0 Å². The van der Waals surface area contributed by atoms with Gasteiger partial charge in [0.2, 0.25) is 21.7 Å². The Kier molecular flexibility index (Phi) is 13.9. The number of ether oxygens (including phenoxy) is 2. The number of hydrogen-bond donors (Lipinski definition) is 2. The van der Waals surface area contributed by atoms with Crippen LogP contribution in [0, 0.1) is 13.8 Å². The highest BCUT2D eigenvalue weighted by Gasteiger charge is 2.28. The molecule has 280 valence electrons. The van der Waals surface area contributed by atoms with Crippen LogP contribution in [0.3, 0.4) is 0 Å². The molecule has 0 bridgehead atoms. The molecule has 0 fully saturated rings. The van der Waals surface area contributed by atoms with Crippen LogP contribution >= 0.6 is 35.0 Å². The van der Waals surface area contributed by atoms with Crippen molar-refractivity contribution in [2.45, 2.75) is 99.6 Å². The van der Waals surface area contributed by atoms with Gasteiger partial charge in [-0.15, -0.1) is 0 Å². The average molecular weight is 788 g/mol. The van der Waals surface area contributed by atoms with Gasteiger partial charge in [0.05, 0.1) is 34.1 Å². The van der Waals surface area contributed by atoms with Crippen LogP contribution in [-0.2, 0) is 30.3 Å². The lowest BCUT2D eigenvalue weighted by Crippen LogP contribution is -2.15. The fraction of sp³-hybridized carbons (Fsp3) is 0.350. The fourth-order valence-corrected chi connectivity index (χ4v) is 8.93. The smallest absolute Gasteiger partial charge is 0.221 e. The van der Waals surface area contributed by atoms with Gasteiger partial charge in [-0.05, 0) is 96.5 Å². The molecule has 0 radical (unpaired) electrons. The van der Waals surface area contributed by atoms with Crippen LogP contribution in [0.1, 0.15) is 77.6 Å². The first-order chi connectivity index (χ1) is 24.0. The topological polar surface area (TPSA) is 111 Å². The number of benzene rings is 4. The molecule has 4 aromatic carbocycles. The van der Waals surface area contributed by atoms with Crippen LogP contribution in [0.15, 0.2) is 80.2 Å². The van der Waals surface area contributed by atoms with Gasteiger partial charge in [0, 0.05) is 46.1 Å². The molecule has 0 unspecified atom stereocenters. The van der Waals surface area contributed by atoms with Crippen molar-refractivity contribution in [1.82, 2.24) is 0 Å². The van der Waals surface area contributed by atoms with Crippen molar-refractivity contribution < 1.29 is 27.5 Å². The molecule has 2 amide bonds. The van der Waals surface area contributed by atoms with Gasteiger partial charge in [-0.25, -0.2) is 8.42 Å². The Labute approximate surface area is 322 Å². The maximum Gasteiger partial charge on any atom is 0.221 e. The minimum absolute atomic E-state index is 0.0178. The number of nitrogens with one attached hydrogen (secondary N) is 2. The van der Waals surface area contributed by atoms with Crippen LogP contribution < -0.4 is 20.1 Å². The predicted octanol–water partition coefficient (Wildman–Crippen LogP) is 10.8. The van der Waals surface area contributed by atoms with Gasteiger partial charge in [0.15, 0.2) is 0 Å². The Morgan fingerprint density at radius 2 is 1.13 bits per heavy atom. The molecule has 0 atom stereocenters. The predicted molar refractivity (Wildman–Crippen MR) is 214 cm³/mol. The van der Waals surface area contributed by atoms with E-state index in [9.17, 15) is 18.0 Å². The van der Waals surface area contributed by atoms with Gasteiger partial charge in [-0.3, -0.25) is 9.59 Å². The molecule has 52 heavy (non-hydrogen) atoms. The van der Waals surface area contributed by atoms with Crippen LogP contribution in [0.5, 0.6) is 11.5 Å². The summed E-state index contributed by atoms with van der Waals surface area (Å²) in [7, 11) is -0.604. The normalized spacial score (nSPS) is 11.7. The molecule has 2 N–H and O–H groups in total. The zero-order chi connectivity index (χ0) is 39.3. The van der Waals surface area contributed by atoms with Gasteiger partial charge in [-0.1, -0.05) is 76.5 Å². The van der Waals surface area contributed by atoms with Gasteiger partial charge in [0.25, 0.3) is 0 Å². The Balaban J connectivity index is 0.000000281. The molecule has 0 aliphatic carbocycles. The standard InChI is InChI=1S/C20H24ClNO4S.C20H24ClNO2S/c1-12-9-14(22-13(2)23)10-17(21)19(12)27(24,25)15-7-8-18(26-6)16(11-15)20(3,4)5;1-12-9-14(22-13(2)23)10-17(21)19(12)25-15-7-8-18(24-6)16(11-15)20(3,4)5/h7-11H,1-6H3,(H,22,23);7-11H,1-6H3,(H,22,23). The highest BCUT2D eigenvalue weighted by atomic mass is 35.5. The highest BCUT2D eigenvalue weighted by Crippen LogP contribution is 2.42. The first kappa shape index (κ1) is 42.7. The third-order valence-electron chi connectivity index (χ3n) is 7.86. The SMILES string of the molecule is COc1ccc(S(=O)(=O)c2c(C)cc(NC(C)=O)cc2Cl)cc1C(C)(C)C.COc1ccc(Sc2c(C)cc(NC(C)=O)cc2Cl)cc1C(C)(C)C. The molecule has 0 heterocycles. The largest absolute Gasteiger partial charge is 0.496 e. The molecule has 0 aliphatic rings. The van der Waals surface area contributed by atoms with E-state index in [-0.39, 0.29) is 37.5 Å². The van der Waals surface area contributed by atoms with E-state index in [0.717, 1.165) is 32.2 Å². The Morgan fingerprint density at radius 3 is 1.58 bits per heavy atom. The van der Waals surface area contributed by atoms with E-state index in [1.165, 1.54) is 26.0 Å². The van der Waals surface area contributed by atoms with E-state index in [2.05, 4.69) is 37.5 Å². The van der Waals surface area contributed by atoms with E-state index < -0.39 is 9.84 Å². The van der Waals surface area contributed by atoms with Gasteiger partial charge < -0.3 is 20.1 Å². The summed E-state index contributed by atoms with van der Waals surface area (Å²) in [5, 5.41) is 6.08. The number of rotatable bonds is 8. The number of hydrogen-bond acceptors (Lipinski definition) is 7. The monoisotopic (exact) mass is 786 g/mol. The molecular weight excluding hydrogens is 739 g/mol. The summed E-state index contributed by atoms with van der Waals surface area (Å²) >= 11 is 14.4. The van der Waals surface area contributed by atoms with Crippen LogP contribution in [0.25, 0.3) is 0 Å². The molecule has 0 aliphatic heterocycles. The first-order valence-corrected chi connectivity index (χ1v) is 19.5.